The highest BCUT2D eigenvalue weighted by molar-refractivity contribution is 5.91. The molecule has 7 nitrogen and oxygen atoms in total. The van der Waals surface area contributed by atoms with Gasteiger partial charge in [-0.2, -0.15) is 0 Å². The third-order valence-electron chi connectivity index (χ3n) is 1.78. The highest BCUT2D eigenvalue weighted by Crippen LogP contribution is 2.16. The van der Waals surface area contributed by atoms with E-state index in [-0.39, 0.29) is 11.4 Å². The number of H-pyrrole nitrogens is 1. The van der Waals surface area contributed by atoms with Crippen LogP contribution in [0.3, 0.4) is 0 Å². The lowest BCUT2D eigenvalue weighted by Gasteiger charge is -1.96. The number of aromatic nitrogens is 5. The normalized spacial score (nSPS) is 10.4. The fourth-order valence-corrected chi connectivity index (χ4v) is 1.12. The number of nitrogens with zero attached hydrogens (tertiary/aromatic N) is 4. The van der Waals surface area contributed by atoms with E-state index < -0.39 is 5.97 Å². The van der Waals surface area contributed by atoms with E-state index in [1.165, 1.54) is 12.7 Å². The maximum absolute atomic E-state index is 10.8. The molecule has 2 rings (SSSR count). The van der Waals surface area contributed by atoms with Crippen LogP contribution < -0.4 is 0 Å². The minimum absolute atomic E-state index is 0.0149. The summed E-state index contributed by atoms with van der Waals surface area (Å²) in [5, 5.41) is 16.2. The van der Waals surface area contributed by atoms with Crippen LogP contribution >= 0.6 is 0 Å². The van der Waals surface area contributed by atoms with Gasteiger partial charge in [0.1, 0.15) is 12.0 Å². The summed E-state index contributed by atoms with van der Waals surface area (Å²) in [6.07, 6.45) is 2.79. The van der Waals surface area contributed by atoms with Gasteiger partial charge in [-0.3, -0.25) is 0 Å². The van der Waals surface area contributed by atoms with Crippen molar-refractivity contribution in [2.24, 2.45) is 7.05 Å². The first-order valence-corrected chi connectivity index (χ1v) is 3.81. The average Bonchev–Trinajstić information content (AvgIpc) is 2.70. The molecule has 0 spiro atoms. The summed E-state index contributed by atoms with van der Waals surface area (Å²) in [6, 6.07) is 0. The van der Waals surface area contributed by atoms with Crippen LogP contribution in [0.2, 0.25) is 0 Å². The van der Waals surface area contributed by atoms with E-state index in [0.717, 1.165) is 0 Å². The van der Waals surface area contributed by atoms with E-state index >= 15 is 0 Å². The zero-order valence-electron chi connectivity index (χ0n) is 7.30. The molecule has 72 valence electrons. The SMILES string of the molecule is Cn1cnnc1-c1nc[nH]c1C(=O)O. The van der Waals surface area contributed by atoms with E-state index in [9.17, 15) is 4.79 Å². The Morgan fingerprint density at radius 1 is 1.64 bits per heavy atom. The monoisotopic (exact) mass is 193 g/mol. The minimum atomic E-state index is -1.07. The molecular weight excluding hydrogens is 186 g/mol. The van der Waals surface area contributed by atoms with Crippen LogP contribution in [-0.2, 0) is 7.05 Å². The molecule has 2 aromatic heterocycles. The van der Waals surface area contributed by atoms with E-state index in [1.54, 1.807) is 11.6 Å². The van der Waals surface area contributed by atoms with Crippen LogP contribution in [0.4, 0.5) is 0 Å². The number of hydrogen-bond acceptors (Lipinski definition) is 4. The Kier molecular flexibility index (Phi) is 1.77. The number of aromatic amines is 1. The van der Waals surface area contributed by atoms with Gasteiger partial charge in [-0.1, -0.05) is 0 Å². The molecule has 0 fully saturated rings. The molecule has 2 N–H and O–H groups in total. The molecule has 0 aliphatic carbocycles. The first-order chi connectivity index (χ1) is 6.70. The highest BCUT2D eigenvalue weighted by atomic mass is 16.4. The molecule has 0 aliphatic rings. The predicted molar refractivity (Wildman–Crippen MR) is 45.5 cm³/mol. The molecular formula is C7H7N5O2. The van der Waals surface area contributed by atoms with E-state index in [2.05, 4.69) is 20.2 Å². The van der Waals surface area contributed by atoms with E-state index in [0.29, 0.717) is 5.82 Å². The maximum Gasteiger partial charge on any atom is 0.354 e. The van der Waals surface area contributed by atoms with Gasteiger partial charge in [0.15, 0.2) is 11.5 Å². The molecule has 0 amide bonds. The maximum atomic E-state index is 10.8. The summed E-state index contributed by atoms with van der Waals surface area (Å²) in [7, 11) is 1.72. The molecule has 14 heavy (non-hydrogen) atoms. The molecule has 0 saturated carbocycles. The number of rotatable bonds is 2. The van der Waals surface area contributed by atoms with Gasteiger partial charge >= 0.3 is 5.97 Å². The van der Waals surface area contributed by atoms with Crippen molar-refractivity contribution in [1.29, 1.82) is 0 Å². The van der Waals surface area contributed by atoms with Gasteiger partial charge in [-0.25, -0.2) is 9.78 Å². The molecule has 0 unspecified atom stereocenters. The van der Waals surface area contributed by atoms with E-state index in [4.69, 9.17) is 5.11 Å². The lowest BCUT2D eigenvalue weighted by atomic mass is 10.3. The average molecular weight is 193 g/mol. The van der Waals surface area contributed by atoms with Crippen molar-refractivity contribution in [2.45, 2.75) is 0 Å². The van der Waals surface area contributed by atoms with Gasteiger partial charge in [0.05, 0.1) is 6.33 Å². The summed E-state index contributed by atoms with van der Waals surface area (Å²) in [5.41, 5.74) is 0.304. The summed E-state index contributed by atoms with van der Waals surface area (Å²) >= 11 is 0. The fraction of sp³-hybridized carbons (Fsp3) is 0.143. The van der Waals surface area contributed by atoms with Crippen molar-refractivity contribution >= 4 is 5.97 Å². The standard InChI is InChI=1S/C7H7N5O2/c1-12-3-10-11-6(12)4-5(7(13)14)9-2-8-4/h2-3H,1H3,(H,8,9)(H,13,14). The molecule has 2 heterocycles. The van der Waals surface area contributed by atoms with Crippen molar-refractivity contribution < 1.29 is 9.90 Å². The van der Waals surface area contributed by atoms with Crippen LogP contribution in [0.25, 0.3) is 11.5 Å². The molecule has 7 heteroatoms. The zero-order chi connectivity index (χ0) is 10.1. The van der Waals surface area contributed by atoms with Crippen molar-refractivity contribution in [2.75, 3.05) is 0 Å². The second kappa shape index (κ2) is 2.95. The second-order valence-corrected chi connectivity index (χ2v) is 2.70. The van der Waals surface area contributed by atoms with Crippen molar-refractivity contribution in [3.05, 3.63) is 18.3 Å². The van der Waals surface area contributed by atoms with Gasteiger partial charge in [0.25, 0.3) is 0 Å². The predicted octanol–water partition coefficient (Wildman–Crippen LogP) is -0.0966. The Balaban J connectivity index is 2.57. The van der Waals surface area contributed by atoms with E-state index in [1.807, 2.05) is 0 Å². The molecule has 0 aliphatic heterocycles. The largest absolute Gasteiger partial charge is 0.477 e. The van der Waals surface area contributed by atoms with Crippen LogP contribution in [0, 0.1) is 0 Å². The Morgan fingerprint density at radius 2 is 2.43 bits per heavy atom. The minimum Gasteiger partial charge on any atom is -0.477 e. The number of carbonyl (C=O) groups is 1. The van der Waals surface area contributed by atoms with Crippen molar-refractivity contribution in [1.82, 2.24) is 24.7 Å². The summed E-state index contributed by atoms with van der Waals surface area (Å²) in [5.74, 6) is -0.649. The zero-order valence-corrected chi connectivity index (χ0v) is 7.30. The molecule has 0 saturated heterocycles. The molecule has 0 aromatic carbocycles. The van der Waals surface area contributed by atoms with Gasteiger partial charge in [0, 0.05) is 7.05 Å². The molecule has 0 bridgehead atoms. The van der Waals surface area contributed by atoms with Crippen LogP contribution in [0.1, 0.15) is 10.5 Å². The van der Waals surface area contributed by atoms with Gasteiger partial charge in [-0.15, -0.1) is 10.2 Å². The molecule has 2 aromatic rings. The first kappa shape index (κ1) is 8.42. The third kappa shape index (κ3) is 1.15. The van der Waals surface area contributed by atoms with Gasteiger partial charge in [-0.05, 0) is 0 Å². The number of hydrogen-bond donors (Lipinski definition) is 2. The first-order valence-electron chi connectivity index (χ1n) is 3.81. The Bertz CT molecular complexity index is 472. The number of aromatic carboxylic acids is 1. The van der Waals surface area contributed by atoms with Crippen LogP contribution in [-0.4, -0.2) is 35.8 Å². The Hall–Kier alpha value is -2.18. The summed E-state index contributed by atoms with van der Waals surface area (Å²) in [6.45, 7) is 0. The van der Waals surface area contributed by atoms with Crippen LogP contribution in [0.15, 0.2) is 12.7 Å². The lowest BCUT2D eigenvalue weighted by molar-refractivity contribution is 0.0692. The number of imidazole rings is 1. The topological polar surface area (TPSA) is 96.7 Å². The third-order valence-corrected chi connectivity index (χ3v) is 1.78. The molecule has 0 atom stereocenters. The number of carboxylic acids is 1. The summed E-state index contributed by atoms with van der Waals surface area (Å²) in [4.78, 5) is 17.2. The van der Waals surface area contributed by atoms with Crippen LogP contribution in [0.5, 0.6) is 0 Å². The molecule has 0 radical (unpaired) electrons. The van der Waals surface area contributed by atoms with Gasteiger partial charge in [0.2, 0.25) is 0 Å². The highest BCUT2D eigenvalue weighted by Gasteiger charge is 2.17. The Labute approximate surface area is 78.4 Å². The fourth-order valence-electron chi connectivity index (χ4n) is 1.12. The number of carboxylic acid groups (broad SMARTS) is 1. The quantitative estimate of drug-likeness (QED) is 0.694. The van der Waals surface area contributed by atoms with Crippen molar-refractivity contribution in [3.8, 4) is 11.5 Å². The Morgan fingerprint density at radius 3 is 3.00 bits per heavy atom. The smallest absolute Gasteiger partial charge is 0.354 e. The van der Waals surface area contributed by atoms with Gasteiger partial charge < -0.3 is 14.7 Å². The van der Waals surface area contributed by atoms with Crippen molar-refractivity contribution in [3.63, 3.8) is 0 Å². The lowest BCUT2D eigenvalue weighted by Crippen LogP contribution is -2.02. The number of aryl methyl sites for hydroxylation is 1. The number of nitrogens with one attached hydrogen (secondary N) is 1. The summed E-state index contributed by atoms with van der Waals surface area (Å²) < 4.78 is 1.60. The second-order valence-electron chi connectivity index (χ2n) is 2.70.